The van der Waals surface area contributed by atoms with E-state index < -0.39 is 0 Å². The minimum absolute atomic E-state index is 0.235. The van der Waals surface area contributed by atoms with E-state index in [0.717, 1.165) is 28.3 Å². The zero-order valence-electron chi connectivity index (χ0n) is 15.5. The van der Waals surface area contributed by atoms with Crippen LogP contribution in [0.15, 0.2) is 63.2 Å². The van der Waals surface area contributed by atoms with Gasteiger partial charge in [-0.3, -0.25) is 15.1 Å². The Bertz CT molecular complexity index is 1040. The molecule has 0 spiro atoms. The first-order valence-corrected chi connectivity index (χ1v) is 9.73. The first-order valence-electron chi connectivity index (χ1n) is 8.91. The topological polar surface area (TPSA) is 83.1 Å². The highest BCUT2D eigenvalue weighted by Crippen LogP contribution is 2.33. The van der Waals surface area contributed by atoms with Crippen molar-refractivity contribution in [2.45, 2.75) is 13.3 Å². The average Bonchev–Trinajstić information content (AvgIpc) is 3.38. The fourth-order valence-corrected chi connectivity index (χ4v) is 3.75. The summed E-state index contributed by atoms with van der Waals surface area (Å²) in [7, 11) is 1.92. The van der Waals surface area contributed by atoms with Crippen molar-refractivity contribution in [2.24, 2.45) is 10.1 Å². The third kappa shape index (κ3) is 3.72. The van der Waals surface area contributed by atoms with Gasteiger partial charge in [-0.1, -0.05) is 48.6 Å². The third-order valence-electron chi connectivity index (χ3n) is 4.19. The molecule has 0 bridgehead atoms. The number of nitrogens with zero attached hydrogens (tertiary/aromatic N) is 4. The summed E-state index contributed by atoms with van der Waals surface area (Å²) < 4.78 is 5.16. The number of carbonyl (C=O) groups excluding carboxylic acids is 1. The Morgan fingerprint density at radius 2 is 2.07 bits per heavy atom. The Kier molecular flexibility index (Phi) is 5.03. The number of hydrogen-bond donors (Lipinski definition) is 1. The van der Waals surface area contributed by atoms with E-state index in [1.54, 1.807) is 12.1 Å². The number of carbonyl (C=O) groups is 1. The van der Waals surface area contributed by atoms with Gasteiger partial charge in [-0.05, 0) is 18.6 Å². The number of aromatic nitrogens is 1. The Hall–Kier alpha value is -3.26. The van der Waals surface area contributed by atoms with Crippen LogP contribution in [0.25, 0.3) is 11.3 Å². The second-order valence-electron chi connectivity index (χ2n) is 6.27. The number of furan rings is 1. The minimum Gasteiger partial charge on any atom is -0.459 e. The molecule has 7 nitrogen and oxygen atoms in total. The molecule has 1 N–H and O–H groups in total. The number of aliphatic imine (C=N–C) groups is 1. The molecule has 142 valence electrons. The molecule has 2 aromatic heterocycles. The lowest BCUT2D eigenvalue weighted by atomic mass is 10.1. The minimum atomic E-state index is -0.342. The van der Waals surface area contributed by atoms with Crippen LogP contribution in [0.5, 0.6) is 0 Å². The molecular weight excluding hydrogens is 374 g/mol. The van der Waals surface area contributed by atoms with Crippen LogP contribution in [0.4, 0.5) is 5.13 Å². The van der Waals surface area contributed by atoms with E-state index in [2.05, 4.69) is 22.3 Å². The van der Waals surface area contributed by atoms with E-state index in [1.807, 2.05) is 42.4 Å². The number of hydrogen-bond acceptors (Lipinski definition) is 7. The fourth-order valence-electron chi connectivity index (χ4n) is 2.84. The molecule has 0 saturated heterocycles. The third-order valence-corrected chi connectivity index (χ3v) is 5.16. The normalized spacial score (nSPS) is 13.9. The number of amidine groups is 1. The van der Waals surface area contributed by atoms with Crippen LogP contribution in [0.1, 0.15) is 28.8 Å². The molecular formula is C20H19N5O2S. The molecule has 1 aliphatic rings. The molecule has 1 aliphatic heterocycles. The van der Waals surface area contributed by atoms with E-state index in [9.17, 15) is 4.79 Å². The highest BCUT2D eigenvalue weighted by Gasteiger charge is 2.23. The van der Waals surface area contributed by atoms with Gasteiger partial charge in [0.1, 0.15) is 4.88 Å². The lowest BCUT2D eigenvalue weighted by Crippen LogP contribution is -2.27. The molecule has 0 unspecified atom stereocenters. The molecule has 0 atom stereocenters. The van der Waals surface area contributed by atoms with Gasteiger partial charge < -0.3 is 4.42 Å². The molecule has 0 saturated carbocycles. The van der Waals surface area contributed by atoms with E-state index in [0.29, 0.717) is 17.5 Å². The maximum atomic E-state index is 12.4. The highest BCUT2D eigenvalue weighted by molar-refractivity contribution is 7.18. The summed E-state index contributed by atoms with van der Waals surface area (Å²) >= 11 is 1.35. The summed E-state index contributed by atoms with van der Waals surface area (Å²) in [5.74, 6) is 0.504. The zero-order valence-corrected chi connectivity index (χ0v) is 16.4. The van der Waals surface area contributed by atoms with Crippen molar-refractivity contribution in [3.05, 3.63) is 59.4 Å². The summed E-state index contributed by atoms with van der Waals surface area (Å²) in [5.41, 5.74) is 2.74. The van der Waals surface area contributed by atoms with Crippen LogP contribution < -0.4 is 5.32 Å². The molecule has 4 rings (SSSR count). The van der Waals surface area contributed by atoms with Crippen molar-refractivity contribution < 1.29 is 9.21 Å². The lowest BCUT2D eigenvalue weighted by Gasteiger charge is -2.20. The Balaban J connectivity index is 1.75. The number of nitrogens with one attached hydrogen (secondary N) is 1. The molecule has 1 aromatic carbocycles. The summed E-state index contributed by atoms with van der Waals surface area (Å²) in [6, 6.07) is 13.1. The van der Waals surface area contributed by atoms with Gasteiger partial charge in [0, 0.05) is 18.3 Å². The number of rotatable bonds is 5. The molecule has 0 fully saturated rings. The first kappa shape index (κ1) is 18.1. The quantitative estimate of drug-likeness (QED) is 0.707. The molecule has 0 radical (unpaired) electrons. The molecule has 3 aromatic rings. The second kappa shape index (κ2) is 7.77. The van der Waals surface area contributed by atoms with Crippen LogP contribution in [-0.4, -0.2) is 41.0 Å². The van der Waals surface area contributed by atoms with Gasteiger partial charge in [-0.25, -0.2) is 9.98 Å². The van der Waals surface area contributed by atoms with E-state index in [4.69, 9.17) is 9.41 Å². The van der Waals surface area contributed by atoms with Gasteiger partial charge in [0.15, 0.2) is 16.7 Å². The number of thiazole rings is 1. The van der Waals surface area contributed by atoms with Crippen molar-refractivity contribution in [2.75, 3.05) is 18.9 Å². The summed E-state index contributed by atoms with van der Waals surface area (Å²) in [6.45, 7) is 2.79. The number of benzene rings is 1. The van der Waals surface area contributed by atoms with Crippen LogP contribution >= 0.6 is 11.3 Å². The summed E-state index contributed by atoms with van der Waals surface area (Å²) in [6.07, 6.45) is 2.32. The van der Waals surface area contributed by atoms with Crippen molar-refractivity contribution in [3.63, 3.8) is 0 Å². The van der Waals surface area contributed by atoms with E-state index in [-0.39, 0.29) is 11.7 Å². The van der Waals surface area contributed by atoms with Crippen LogP contribution in [0, 0.1) is 0 Å². The Morgan fingerprint density at radius 1 is 1.25 bits per heavy atom. The van der Waals surface area contributed by atoms with Crippen molar-refractivity contribution in [1.82, 2.24) is 9.99 Å². The smallest absolute Gasteiger partial charge is 0.293 e. The van der Waals surface area contributed by atoms with Gasteiger partial charge in [-0.2, -0.15) is 5.10 Å². The Morgan fingerprint density at radius 3 is 2.79 bits per heavy atom. The van der Waals surface area contributed by atoms with Gasteiger partial charge in [0.2, 0.25) is 0 Å². The van der Waals surface area contributed by atoms with Gasteiger partial charge in [0.25, 0.3) is 5.91 Å². The molecule has 3 heterocycles. The summed E-state index contributed by atoms with van der Waals surface area (Å²) in [5, 5.41) is 9.73. The fraction of sp³-hybridized carbons (Fsp3) is 0.200. The maximum Gasteiger partial charge on any atom is 0.293 e. The van der Waals surface area contributed by atoms with Crippen LogP contribution in [0.3, 0.4) is 0 Å². The standard InChI is InChI=1S/C20H19N5O2S/c1-3-14-12-25(2)24-18(21-14)17-16(13-8-5-4-6-9-13)22-20(28-17)23-19(26)15-10-7-11-27-15/h4-11H,3,12H2,1-2H3,(H,22,23,26). The van der Waals surface area contributed by atoms with Crippen LogP contribution in [-0.2, 0) is 0 Å². The van der Waals surface area contributed by atoms with Gasteiger partial charge >= 0.3 is 0 Å². The van der Waals surface area contributed by atoms with Gasteiger partial charge in [0.05, 0.1) is 18.5 Å². The Labute approximate surface area is 166 Å². The predicted molar refractivity (Wildman–Crippen MR) is 111 cm³/mol. The SMILES string of the molecule is CCC1=NC(c2sc(NC(=O)c3ccco3)nc2-c2ccccc2)=NN(C)C1. The highest BCUT2D eigenvalue weighted by atomic mass is 32.1. The molecule has 8 heteroatoms. The maximum absolute atomic E-state index is 12.4. The molecule has 0 aliphatic carbocycles. The zero-order chi connectivity index (χ0) is 19.5. The van der Waals surface area contributed by atoms with Gasteiger partial charge in [-0.15, -0.1) is 0 Å². The van der Waals surface area contributed by atoms with Crippen molar-refractivity contribution in [1.29, 1.82) is 0 Å². The van der Waals surface area contributed by atoms with Crippen LogP contribution in [0.2, 0.25) is 0 Å². The van der Waals surface area contributed by atoms with Crippen molar-refractivity contribution in [3.8, 4) is 11.3 Å². The van der Waals surface area contributed by atoms with E-state index in [1.165, 1.54) is 17.6 Å². The lowest BCUT2D eigenvalue weighted by molar-refractivity contribution is 0.0996. The monoisotopic (exact) mass is 393 g/mol. The van der Waals surface area contributed by atoms with E-state index >= 15 is 0 Å². The first-order chi connectivity index (χ1) is 13.6. The largest absolute Gasteiger partial charge is 0.459 e. The molecule has 1 amide bonds. The predicted octanol–water partition coefficient (Wildman–Crippen LogP) is 4.11. The summed E-state index contributed by atoms with van der Waals surface area (Å²) in [4.78, 5) is 22.5. The van der Waals surface area contributed by atoms with Crippen molar-refractivity contribution >= 4 is 33.9 Å². The number of anilines is 1. The second-order valence-corrected chi connectivity index (χ2v) is 7.26. The average molecular weight is 393 g/mol. The molecule has 28 heavy (non-hydrogen) atoms. The number of hydrazone groups is 1. The number of amides is 1.